The van der Waals surface area contributed by atoms with Gasteiger partial charge in [0.25, 0.3) is 0 Å². The highest BCUT2D eigenvalue weighted by atomic mass is 16.5. The van der Waals surface area contributed by atoms with E-state index in [1.807, 2.05) is 12.1 Å². The lowest BCUT2D eigenvalue weighted by molar-refractivity contribution is 0.157. The Morgan fingerprint density at radius 1 is 1.30 bits per heavy atom. The second-order valence-electron chi connectivity index (χ2n) is 6.06. The summed E-state index contributed by atoms with van der Waals surface area (Å²) in [7, 11) is 5.97. The van der Waals surface area contributed by atoms with Gasteiger partial charge in [0.05, 0.1) is 12.8 Å². The van der Waals surface area contributed by atoms with Gasteiger partial charge in [-0.3, -0.25) is 4.90 Å². The van der Waals surface area contributed by atoms with Gasteiger partial charge in [-0.25, -0.2) is 0 Å². The second-order valence-corrected chi connectivity index (χ2v) is 6.06. The quantitative estimate of drug-likeness (QED) is 0.837. The summed E-state index contributed by atoms with van der Waals surface area (Å²) in [4.78, 5) is 4.82. The van der Waals surface area contributed by atoms with Gasteiger partial charge < -0.3 is 15.4 Å². The summed E-state index contributed by atoms with van der Waals surface area (Å²) in [5.74, 6) is 1.61. The maximum Gasteiger partial charge on any atom is 0.141 e. The van der Waals surface area contributed by atoms with E-state index in [1.54, 1.807) is 7.11 Å². The van der Waals surface area contributed by atoms with Gasteiger partial charge in [0, 0.05) is 13.1 Å². The first-order valence-corrected chi connectivity index (χ1v) is 7.38. The zero-order valence-corrected chi connectivity index (χ0v) is 12.9. The molecule has 0 unspecified atom stereocenters. The molecule has 0 radical (unpaired) electrons. The van der Waals surface area contributed by atoms with Crippen molar-refractivity contribution in [2.75, 3.05) is 46.6 Å². The highest BCUT2D eigenvalue weighted by Gasteiger charge is 2.19. The topological polar surface area (TPSA) is 41.7 Å². The van der Waals surface area contributed by atoms with Gasteiger partial charge in [-0.05, 0) is 63.6 Å². The van der Waals surface area contributed by atoms with Gasteiger partial charge in [0.15, 0.2) is 0 Å². The molecule has 0 bridgehead atoms. The molecule has 112 valence electrons. The predicted molar refractivity (Wildman–Crippen MR) is 84.0 cm³/mol. The lowest BCUT2D eigenvalue weighted by atomic mass is 9.96. The summed E-state index contributed by atoms with van der Waals surface area (Å²) in [6.45, 7) is 4.57. The van der Waals surface area contributed by atoms with Crippen molar-refractivity contribution in [1.29, 1.82) is 0 Å². The maximum atomic E-state index is 5.96. The summed E-state index contributed by atoms with van der Waals surface area (Å²) >= 11 is 0. The Kier molecular flexibility index (Phi) is 5.26. The molecule has 0 amide bonds. The first-order chi connectivity index (χ1) is 9.58. The Hall–Kier alpha value is -1.26. The SMILES string of the molecule is COc1ccc(CN2CCC(CN(C)C)CC2)cc1N. The van der Waals surface area contributed by atoms with Crippen LogP contribution >= 0.6 is 0 Å². The minimum atomic E-state index is 0.729. The highest BCUT2D eigenvalue weighted by Crippen LogP contribution is 2.24. The summed E-state index contributed by atoms with van der Waals surface area (Å²) < 4.78 is 5.20. The highest BCUT2D eigenvalue weighted by molar-refractivity contribution is 5.54. The third-order valence-electron chi connectivity index (χ3n) is 4.03. The van der Waals surface area contributed by atoms with Crippen LogP contribution < -0.4 is 10.5 Å². The Morgan fingerprint density at radius 3 is 2.55 bits per heavy atom. The van der Waals surface area contributed by atoms with Crippen LogP contribution in [-0.2, 0) is 6.54 Å². The maximum absolute atomic E-state index is 5.96. The molecule has 1 aliphatic rings. The van der Waals surface area contributed by atoms with Crippen molar-refractivity contribution in [3.63, 3.8) is 0 Å². The number of hydrogen-bond acceptors (Lipinski definition) is 4. The number of nitrogens with zero attached hydrogens (tertiary/aromatic N) is 2. The number of nitrogen functional groups attached to an aromatic ring is 1. The zero-order valence-electron chi connectivity index (χ0n) is 12.9. The van der Waals surface area contributed by atoms with Crippen LogP contribution in [0.15, 0.2) is 18.2 Å². The number of anilines is 1. The fourth-order valence-electron chi connectivity index (χ4n) is 2.98. The van der Waals surface area contributed by atoms with Crippen LogP contribution in [0.5, 0.6) is 5.75 Å². The predicted octanol–water partition coefficient (Wildman–Crippen LogP) is 2.05. The van der Waals surface area contributed by atoms with E-state index < -0.39 is 0 Å². The van der Waals surface area contributed by atoms with E-state index in [2.05, 4.69) is 30.0 Å². The van der Waals surface area contributed by atoms with Crippen LogP contribution in [0.1, 0.15) is 18.4 Å². The normalized spacial score (nSPS) is 17.6. The number of benzene rings is 1. The Bertz CT molecular complexity index is 426. The number of ether oxygens (including phenoxy) is 1. The molecule has 0 spiro atoms. The lowest BCUT2D eigenvalue weighted by Crippen LogP contribution is -2.36. The average molecular weight is 277 g/mol. The molecule has 1 aromatic carbocycles. The average Bonchev–Trinajstić information content (AvgIpc) is 2.41. The molecule has 1 aromatic rings. The molecule has 1 saturated heterocycles. The standard InChI is InChI=1S/C16H27N3O/c1-18(2)11-13-6-8-19(9-7-13)12-14-4-5-16(20-3)15(17)10-14/h4-5,10,13H,6-9,11-12,17H2,1-3H3. The fourth-order valence-corrected chi connectivity index (χ4v) is 2.98. The molecule has 0 aliphatic carbocycles. The second kappa shape index (κ2) is 6.95. The van der Waals surface area contributed by atoms with Crippen LogP contribution in [0.4, 0.5) is 5.69 Å². The lowest BCUT2D eigenvalue weighted by Gasteiger charge is -2.33. The summed E-state index contributed by atoms with van der Waals surface area (Å²) in [6.07, 6.45) is 2.59. The van der Waals surface area contributed by atoms with E-state index in [1.165, 1.54) is 38.0 Å². The van der Waals surface area contributed by atoms with E-state index in [4.69, 9.17) is 10.5 Å². The molecule has 0 aromatic heterocycles. The van der Waals surface area contributed by atoms with E-state index >= 15 is 0 Å². The van der Waals surface area contributed by atoms with Crippen LogP contribution in [-0.4, -0.2) is 50.6 Å². The van der Waals surface area contributed by atoms with Crippen molar-refractivity contribution in [2.24, 2.45) is 5.92 Å². The van der Waals surface area contributed by atoms with E-state index in [9.17, 15) is 0 Å². The van der Waals surface area contributed by atoms with Gasteiger partial charge in [0.2, 0.25) is 0 Å². The summed E-state index contributed by atoms with van der Waals surface area (Å²) in [5, 5.41) is 0. The van der Waals surface area contributed by atoms with Gasteiger partial charge in [-0.1, -0.05) is 6.07 Å². The van der Waals surface area contributed by atoms with Crippen LogP contribution in [0.2, 0.25) is 0 Å². The molecule has 1 aliphatic heterocycles. The van der Waals surface area contributed by atoms with Crippen molar-refractivity contribution >= 4 is 5.69 Å². The van der Waals surface area contributed by atoms with Crippen molar-refractivity contribution < 1.29 is 4.74 Å². The van der Waals surface area contributed by atoms with Gasteiger partial charge in [-0.2, -0.15) is 0 Å². The molecule has 0 atom stereocenters. The molecule has 20 heavy (non-hydrogen) atoms. The van der Waals surface area contributed by atoms with Gasteiger partial charge >= 0.3 is 0 Å². The van der Waals surface area contributed by atoms with Gasteiger partial charge in [0.1, 0.15) is 5.75 Å². The third kappa shape index (κ3) is 4.12. The summed E-state index contributed by atoms with van der Waals surface area (Å²) in [5.41, 5.74) is 7.97. The first-order valence-electron chi connectivity index (χ1n) is 7.38. The molecule has 1 heterocycles. The molecule has 1 fully saturated rings. The number of hydrogen-bond donors (Lipinski definition) is 1. The number of rotatable bonds is 5. The van der Waals surface area contributed by atoms with Crippen LogP contribution in [0, 0.1) is 5.92 Å². The molecule has 2 N–H and O–H groups in total. The molecule has 0 saturated carbocycles. The smallest absolute Gasteiger partial charge is 0.141 e. The third-order valence-corrected chi connectivity index (χ3v) is 4.03. The monoisotopic (exact) mass is 277 g/mol. The van der Waals surface area contributed by atoms with E-state index in [0.717, 1.165) is 23.9 Å². The van der Waals surface area contributed by atoms with E-state index in [0.29, 0.717) is 0 Å². The molecular weight excluding hydrogens is 250 g/mol. The van der Waals surface area contributed by atoms with Crippen molar-refractivity contribution in [2.45, 2.75) is 19.4 Å². The number of nitrogens with two attached hydrogens (primary N) is 1. The molecule has 4 heteroatoms. The fraction of sp³-hybridized carbons (Fsp3) is 0.625. The Labute approximate surface area is 122 Å². The molecule has 2 rings (SSSR count). The zero-order chi connectivity index (χ0) is 14.5. The Balaban J connectivity index is 1.85. The van der Waals surface area contributed by atoms with E-state index in [-0.39, 0.29) is 0 Å². The first kappa shape index (κ1) is 15.1. The number of methoxy groups -OCH3 is 1. The minimum Gasteiger partial charge on any atom is -0.495 e. The molecule has 4 nitrogen and oxygen atoms in total. The number of likely N-dealkylation sites (tertiary alicyclic amines) is 1. The van der Waals surface area contributed by atoms with Crippen LogP contribution in [0.25, 0.3) is 0 Å². The van der Waals surface area contributed by atoms with Crippen molar-refractivity contribution in [1.82, 2.24) is 9.80 Å². The summed E-state index contributed by atoms with van der Waals surface area (Å²) in [6, 6.07) is 6.11. The van der Waals surface area contributed by atoms with Gasteiger partial charge in [-0.15, -0.1) is 0 Å². The molecular formula is C16H27N3O. The number of piperidine rings is 1. The minimum absolute atomic E-state index is 0.729. The largest absolute Gasteiger partial charge is 0.495 e. The van der Waals surface area contributed by atoms with Crippen molar-refractivity contribution in [3.8, 4) is 5.75 Å². The van der Waals surface area contributed by atoms with Crippen molar-refractivity contribution in [3.05, 3.63) is 23.8 Å². The van der Waals surface area contributed by atoms with Crippen LogP contribution in [0.3, 0.4) is 0 Å². The Morgan fingerprint density at radius 2 is 2.00 bits per heavy atom.